The maximum absolute atomic E-state index is 10.9. The molecule has 72 valence electrons. The molecule has 0 aromatic carbocycles. The zero-order chi connectivity index (χ0) is 9.40. The molecule has 0 saturated heterocycles. The molecule has 0 aliphatic carbocycles. The van der Waals surface area contributed by atoms with Gasteiger partial charge >= 0.3 is 0 Å². The van der Waals surface area contributed by atoms with E-state index in [-0.39, 0.29) is 0 Å². The standard InChI is InChI=1S/C10H20OS/c1-4-9(3)12-8-6-7-10(11)5-2/h9H,4-8H2,1-3H3. The molecule has 1 unspecified atom stereocenters. The smallest absolute Gasteiger partial charge is 0.132 e. The number of hydrogen-bond acceptors (Lipinski definition) is 2. The lowest BCUT2D eigenvalue weighted by molar-refractivity contribution is -0.118. The van der Waals surface area contributed by atoms with E-state index in [0.29, 0.717) is 12.2 Å². The van der Waals surface area contributed by atoms with Crippen LogP contribution in [0.5, 0.6) is 0 Å². The summed E-state index contributed by atoms with van der Waals surface area (Å²) in [7, 11) is 0. The highest BCUT2D eigenvalue weighted by Crippen LogP contribution is 2.15. The molecule has 0 aromatic heterocycles. The molecule has 2 heteroatoms. The SMILES string of the molecule is CCC(=O)CCCSC(C)CC. The van der Waals surface area contributed by atoms with Gasteiger partial charge in [0.2, 0.25) is 0 Å². The number of carbonyl (C=O) groups excluding carboxylic acids is 1. The van der Waals surface area contributed by atoms with Gasteiger partial charge in [-0.1, -0.05) is 20.8 Å². The molecule has 0 rings (SSSR count). The van der Waals surface area contributed by atoms with Crippen LogP contribution < -0.4 is 0 Å². The summed E-state index contributed by atoms with van der Waals surface area (Å²) in [6, 6.07) is 0. The van der Waals surface area contributed by atoms with Gasteiger partial charge in [-0.15, -0.1) is 0 Å². The minimum atomic E-state index is 0.403. The lowest BCUT2D eigenvalue weighted by atomic mass is 10.2. The van der Waals surface area contributed by atoms with Crippen molar-refractivity contribution in [1.29, 1.82) is 0 Å². The normalized spacial score (nSPS) is 12.9. The molecule has 0 N–H and O–H groups in total. The molecular weight excluding hydrogens is 168 g/mol. The molecule has 0 amide bonds. The van der Waals surface area contributed by atoms with E-state index in [9.17, 15) is 4.79 Å². The second-order valence-corrected chi connectivity index (χ2v) is 4.63. The van der Waals surface area contributed by atoms with Gasteiger partial charge in [0.25, 0.3) is 0 Å². The van der Waals surface area contributed by atoms with E-state index in [1.165, 1.54) is 6.42 Å². The highest BCUT2D eigenvalue weighted by Gasteiger charge is 2.00. The van der Waals surface area contributed by atoms with E-state index < -0.39 is 0 Å². The second-order valence-electron chi connectivity index (χ2n) is 3.09. The van der Waals surface area contributed by atoms with Gasteiger partial charge in [-0.05, 0) is 18.6 Å². The first kappa shape index (κ1) is 12.0. The van der Waals surface area contributed by atoms with E-state index in [0.717, 1.165) is 23.8 Å². The Hall–Kier alpha value is 0.0200. The van der Waals surface area contributed by atoms with Gasteiger partial charge in [-0.25, -0.2) is 0 Å². The summed E-state index contributed by atoms with van der Waals surface area (Å²) in [6.07, 6.45) is 3.77. The van der Waals surface area contributed by atoms with Crippen molar-refractivity contribution in [3.8, 4) is 0 Å². The summed E-state index contributed by atoms with van der Waals surface area (Å²) < 4.78 is 0. The van der Waals surface area contributed by atoms with Crippen molar-refractivity contribution >= 4 is 17.5 Å². The molecule has 0 fully saturated rings. The number of hydrogen-bond donors (Lipinski definition) is 0. The molecule has 0 aliphatic rings. The van der Waals surface area contributed by atoms with Crippen LogP contribution in [-0.2, 0) is 4.79 Å². The predicted molar refractivity (Wildman–Crippen MR) is 56.7 cm³/mol. The fraction of sp³-hybridized carbons (Fsp3) is 0.900. The van der Waals surface area contributed by atoms with E-state index >= 15 is 0 Å². The second kappa shape index (κ2) is 7.66. The van der Waals surface area contributed by atoms with Gasteiger partial charge < -0.3 is 0 Å². The Morgan fingerprint density at radius 3 is 2.58 bits per heavy atom. The first-order chi connectivity index (χ1) is 5.70. The molecule has 0 aromatic rings. The van der Waals surface area contributed by atoms with Crippen molar-refractivity contribution in [3.63, 3.8) is 0 Å². The number of Topliss-reactive ketones (excluding diaryl/α,β-unsaturated/α-hetero) is 1. The van der Waals surface area contributed by atoms with Crippen molar-refractivity contribution in [2.24, 2.45) is 0 Å². The monoisotopic (exact) mass is 188 g/mol. The lowest BCUT2D eigenvalue weighted by Crippen LogP contribution is -1.98. The van der Waals surface area contributed by atoms with E-state index in [4.69, 9.17) is 0 Å². The van der Waals surface area contributed by atoms with Crippen molar-refractivity contribution in [3.05, 3.63) is 0 Å². The van der Waals surface area contributed by atoms with Crippen molar-refractivity contribution in [2.75, 3.05) is 5.75 Å². The van der Waals surface area contributed by atoms with Crippen LogP contribution in [0.3, 0.4) is 0 Å². The minimum Gasteiger partial charge on any atom is -0.300 e. The van der Waals surface area contributed by atoms with E-state index in [1.807, 2.05) is 18.7 Å². The molecule has 1 atom stereocenters. The molecule has 0 heterocycles. The van der Waals surface area contributed by atoms with Crippen molar-refractivity contribution in [1.82, 2.24) is 0 Å². The van der Waals surface area contributed by atoms with Crippen LogP contribution in [0, 0.1) is 0 Å². The molecule has 0 aliphatic heterocycles. The van der Waals surface area contributed by atoms with Crippen LogP contribution in [0.4, 0.5) is 0 Å². The van der Waals surface area contributed by atoms with E-state index in [2.05, 4.69) is 13.8 Å². The zero-order valence-electron chi connectivity index (χ0n) is 8.43. The maximum Gasteiger partial charge on any atom is 0.132 e. The van der Waals surface area contributed by atoms with Gasteiger partial charge in [-0.2, -0.15) is 11.8 Å². The summed E-state index contributed by atoms with van der Waals surface area (Å²) in [4.78, 5) is 10.9. The molecule has 12 heavy (non-hydrogen) atoms. The van der Waals surface area contributed by atoms with Crippen LogP contribution in [0.2, 0.25) is 0 Å². The third kappa shape index (κ3) is 6.71. The average molecular weight is 188 g/mol. The van der Waals surface area contributed by atoms with Crippen LogP contribution in [-0.4, -0.2) is 16.8 Å². The fourth-order valence-electron chi connectivity index (χ4n) is 0.848. The Labute approximate surface area is 80.3 Å². The summed E-state index contributed by atoms with van der Waals surface area (Å²) in [6.45, 7) is 6.38. The Bertz CT molecular complexity index is 123. The van der Waals surface area contributed by atoms with Crippen molar-refractivity contribution in [2.45, 2.75) is 51.7 Å². The summed E-state index contributed by atoms with van der Waals surface area (Å²) in [5.41, 5.74) is 0. The Morgan fingerprint density at radius 1 is 1.42 bits per heavy atom. The van der Waals surface area contributed by atoms with Crippen LogP contribution in [0.25, 0.3) is 0 Å². The largest absolute Gasteiger partial charge is 0.300 e. The maximum atomic E-state index is 10.9. The molecule has 1 nitrogen and oxygen atoms in total. The first-order valence-corrected chi connectivity index (χ1v) is 5.88. The Morgan fingerprint density at radius 2 is 2.08 bits per heavy atom. The number of thioether (sulfide) groups is 1. The minimum absolute atomic E-state index is 0.403. The summed E-state index contributed by atoms with van der Waals surface area (Å²) >= 11 is 1.98. The van der Waals surface area contributed by atoms with Gasteiger partial charge in [0.1, 0.15) is 5.78 Å². The van der Waals surface area contributed by atoms with Gasteiger partial charge in [-0.3, -0.25) is 4.79 Å². The van der Waals surface area contributed by atoms with Crippen molar-refractivity contribution < 1.29 is 4.79 Å². The third-order valence-corrected chi connectivity index (χ3v) is 3.40. The van der Waals surface area contributed by atoms with Crippen LogP contribution >= 0.6 is 11.8 Å². The van der Waals surface area contributed by atoms with Gasteiger partial charge in [0.05, 0.1) is 0 Å². The molecule has 0 saturated carbocycles. The highest BCUT2D eigenvalue weighted by molar-refractivity contribution is 7.99. The number of rotatable bonds is 7. The molecule has 0 spiro atoms. The van der Waals surface area contributed by atoms with Gasteiger partial charge in [0, 0.05) is 18.1 Å². The predicted octanol–water partition coefficient (Wildman–Crippen LogP) is 3.28. The number of carbonyl (C=O) groups is 1. The highest BCUT2D eigenvalue weighted by atomic mass is 32.2. The third-order valence-electron chi connectivity index (χ3n) is 1.97. The van der Waals surface area contributed by atoms with Crippen LogP contribution in [0.1, 0.15) is 46.5 Å². The molecule has 0 radical (unpaired) electrons. The Kier molecular flexibility index (Phi) is 7.67. The topological polar surface area (TPSA) is 17.1 Å². The van der Waals surface area contributed by atoms with Crippen LogP contribution in [0.15, 0.2) is 0 Å². The zero-order valence-corrected chi connectivity index (χ0v) is 9.25. The summed E-state index contributed by atoms with van der Waals surface area (Å²) in [5, 5.41) is 0.752. The van der Waals surface area contributed by atoms with E-state index in [1.54, 1.807) is 0 Å². The molecular formula is C10H20OS. The molecule has 0 bridgehead atoms. The lowest BCUT2D eigenvalue weighted by Gasteiger charge is -2.06. The first-order valence-electron chi connectivity index (χ1n) is 4.84. The Balaban J connectivity index is 3.15. The summed E-state index contributed by atoms with van der Waals surface area (Å²) in [5.74, 6) is 1.54. The quantitative estimate of drug-likeness (QED) is 0.570. The fourth-order valence-corrected chi connectivity index (χ4v) is 1.80. The number of ketones is 1. The average Bonchev–Trinajstić information content (AvgIpc) is 2.11. The van der Waals surface area contributed by atoms with Gasteiger partial charge in [0.15, 0.2) is 0 Å².